The van der Waals surface area contributed by atoms with Crippen molar-refractivity contribution in [2.45, 2.75) is 45.4 Å². The van der Waals surface area contributed by atoms with Crippen LogP contribution in [0.4, 0.5) is 0 Å². The van der Waals surface area contributed by atoms with Crippen molar-refractivity contribution < 1.29 is 14.7 Å². The Bertz CT molecular complexity index is 516. The van der Waals surface area contributed by atoms with Gasteiger partial charge >= 0.3 is 5.97 Å². The van der Waals surface area contributed by atoms with Crippen LogP contribution in [-0.2, 0) is 4.79 Å². The fraction of sp³-hybridized carbons (Fsp3) is 0.600. The van der Waals surface area contributed by atoms with Gasteiger partial charge in [-0.3, -0.25) is 9.59 Å². The topological polar surface area (TPSA) is 66.4 Å². The summed E-state index contributed by atoms with van der Waals surface area (Å²) in [5.74, 6) is -0.884. The lowest BCUT2D eigenvalue weighted by Crippen LogP contribution is -2.40. The third kappa shape index (κ3) is 4.30. The molecule has 4 nitrogen and oxygen atoms in total. The molecule has 21 heavy (non-hydrogen) atoms. The van der Waals surface area contributed by atoms with Crippen LogP contribution in [0.2, 0.25) is 0 Å². The number of hydrogen-bond acceptors (Lipinski definition) is 3. The van der Waals surface area contributed by atoms with Crippen LogP contribution in [0, 0.1) is 12.3 Å². The van der Waals surface area contributed by atoms with E-state index in [0.29, 0.717) is 11.4 Å². The number of carboxylic acids is 1. The Morgan fingerprint density at radius 2 is 2.05 bits per heavy atom. The Morgan fingerprint density at radius 1 is 1.38 bits per heavy atom. The molecule has 1 aliphatic carbocycles. The average molecular weight is 374 g/mol. The molecule has 1 amide bonds. The summed E-state index contributed by atoms with van der Waals surface area (Å²) in [6, 6.07) is 1.86. The molecular formula is C15H20BrNO3S. The smallest absolute Gasteiger partial charge is 0.303 e. The van der Waals surface area contributed by atoms with E-state index in [1.165, 1.54) is 11.3 Å². The van der Waals surface area contributed by atoms with Gasteiger partial charge in [-0.1, -0.05) is 19.3 Å². The number of carbonyl (C=O) groups is 2. The van der Waals surface area contributed by atoms with E-state index in [1.807, 2.05) is 13.0 Å². The van der Waals surface area contributed by atoms with Crippen molar-refractivity contribution in [2.24, 2.45) is 5.41 Å². The molecule has 2 N–H and O–H groups in total. The van der Waals surface area contributed by atoms with E-state index in [0.717, 1.165) is 41.5 Å². The van der Waals surface area contributed by atoms with Crippen LogP contribution < -0.4 is 5.32 Å². The van der Waals surface area contributed by atoms with Crippen molar-refractivity contribution in [3.63, 3.8) is 0 Å². The average Bonchev–Trinajstić information content (AvgIpc) is 2.76. The van der Waals surface area contributed by atoms with Crippen LogP contribution in [0.5, 0.6) is 0 Å². The second-order valence-corrected chi connectivity index (χ2v) is 8.25. The Morgan fingerprint density at radius 3 is 2.57 bits per heavy atom. The molecule has 6 heteroatoms. The molecular weight excluding hydrogens is 354 g/mol. The Balaban J connectivity index is 2.00. The third-order valence-corrected chi connectivity index (χ3v) is 6.28. The summed E-state index contributed by atoms with van der Waals surface area (Å²) >= 11 is 4.83. The molecule has 0 unspecified atom stereocenters. The molecule has 1 saturated carbocycles. The molecule has 1 aliphatic rings. The van der Waals surface area contributed by atoms with Gasteiger partial charge in [0.2, 0.25) is 0 Å². The quantitative estimate of drug-likeness (QED) is 0.820. The van der Waals surface area contributed by atoms with Crippen molar-refractivity contribution in [1.82, 2.24) is 5.32 Å². The molecule has 1 aromatic heterocycles. The van der Waals surface area contributed by atoms with Crippen LogP contribution in [-0.4, -0.2) is 23.5 Å². The van der Waals surface area contributed by atoms with Gasteiger partial charge in [0.25, 0.3) is 5.91 Å². The number of nitrogens with one attached hydrogen (secondary N) is 1. The molecule has 1 aromatic rings. The summed E-state index contributed by atoms with van der Waals surface area (Å²) in [7, 11) is 0. The van der Waals surface area contributed by atoms with Gasteiger partial charge < -0.3 is 10.4 Å². The lowest BCUT2D eigenvalue weighted by atomic mass is 9.71. The van der Waals surface area contributed by atoms with Crippen LogP contribution in [0.15, 0.2) is 9.85 Å². The second kappa shape index (κ2) is 6.92. The normalized spacial score (nSPS) is 17.4. The minimum Gasteiger partial charge on any atom is -0.481 e. The van der Waals surface area contributed by atoms with Gasteiger partial charge in [0.05, 0.1) is 15.1 Å². The zero-order valence-corrected chi connectivity index (χ0v) is 14.5. The largest absolute Gasteiger partial charge is 0.481 e. The fourth-order valence-corrected chi connectivity index (χ4v) is 4.42. The number of thiophene rings is 1. The number of aryl methyl sites for hydroxylation is 1. The number of hydrogen-bond donors (Lipinski definition) is 2. The zero-order chi connectivity index (χ0) is 15.5. The van der Waals surface area contributed by atoms with Crippen molar-refractivity contribution in [3.8, 4) is 0 Å². The van der Waals surface area contributed by atoms with E-state index in [9.17, 15) is 9.59 Å². The molecule has 0 atom stereocenters. The first-order valence-electron chi connectivity index (χ1n) is 7.18. The summed E-state index contributed by atoms with van der Waals surface area (Å²) in [6.07, 6.45) is 5.16. The highest BCUT2D eigenvalue weighted by atomic mass is 79.9. The number of amides is 1. The summed E-state index contributed by atoms with van der Waals surface area (Å²) < 4.78 is 0.963. The minimum absolute atomic E-state index is 0.107. The fourth-order valence-electron chi connectivity index (χ4n) is 2.97. The molecule has 0 aliphatic heterocycles. The summed E-state index contributed by atoms with van der Waals surface area (Å²) in [4.78, 5) is 24.0. The Hall–Kier alpha value is -0.880. The molecule has 0 bridgehead atoms. The number of rotatable bonds is 5. The van der Waals surface area contributed by atoms with E-state index in [4.69, 9.17) is 5.11 Å². The summed E-state index contributed by atoms with van der Waals surface area (Å²) in [5, 5.41) is 12.1. The first-order chi connectivity index (χ1) is 9.92. The SMILES string of the molecule is Cc1cc(C(=O)NCC2(CC(=O)O)CCCCC2)sc1Br. The van der Waals surface area contributed by atoms with Crippen molar-refractivity contribution in [1.29, 1.82) is 0 Å². The van der Waals surface area contributed by atoms with Gasteiger partial charge in [-0.05, 0) is 52.7 Å². The predicted molar refractivity (Wildman–Crippen MR) is 86.9 cm³/mol. The van der Waals surface area contributed by atoms with Gasteiger partial charge in [-0.15, -0.1) is 11.3 Å². The lowest BCUT2D eigenvalue weighted by molar-refractivity contribution is -0.140. The predicted octanol–water partition coefficient (Wildman–Crippen LogP) is 3.97. The molecule has 0 radical (unpaired) electrons. The van der Waals surface area contributed by atoms with E-state index < -0.39 is 5.97 Å². The monoisotopic (exact) mass is 373 g/mol. The van der Waals surface area contributed by atoms with E-state index in [1.54, 1.807) is 0 Å². The van der Waals surface area contributed by atoms with Gasteiger partial charge in [0, 0.05) is 6.54 Å². The van der Waals surface area contributed by atoms with E-state index in [2.05, 4.69) is 21.2 Å². The number of carbonyl (C=O) groups excluding carboxylic acids is 1. The van der Waals surface area contributed by atoms with Gasteiger partial charge in [0.15, 0.2) is 0 Å². The van der Waals surface area contributed by atoms with Crippen LogP contribution in [0.25, 0.3) is 0 Å². The van der Waals surface area contributed by atoms with Gasteiger partial charge in [0.1, 0.15) is 0 Å². The van der Waals surface area contributed by atoms with Crippen molar-refractivity contribution in [3.05, 3.63) is 20.3 Å². The molecule has 116 valence electrons. The van der Waals surface area contributed by atoms with E-state index in [-0.39, 0.29) is 17.7 Å². The second-order valence-electron chi connectivity index (χ2n) is 5.88. The van der Waals surface area contributed by atoms with E-state index >= 15 is 0 Å². The molecule has 0 saturated heterocycles. The highest BCUT2D eigenvalue weighted by Crippen LogP contribution is 2.39. The number of aliphatic carboxylic acids is 1. The van der Waals surface area contributed by atoms with Crippen LogP contribution in [0.1, 0.15) is 53.8 Å². The Kier molecular flexibility index (Phi) is 5.43. The molecule has 2 rings (SSSR count). The molecule has 1 heterocycles. The number of halogens is 1. The van der Waals surface area contributed by atoms with Gasteiger partial charge in [-0.2, -0.15) is 0 Å². The molecule has 0 aromatic carbocycles. The molecule has 0 spiro atoms. The first kappa shape index (κ1) is 16.5. The standard InChI is InChI=1S/C15H20BrNO3S/c1-10-7-11(21-13(10)16)14(20)17-9-15(8-12(18)19)5-3-2-4-6-15/h7H,2-6,8-9H2,1H3,(H,17,20)(H,18,19). The van der Waals surface area contributed by atoms with Crippen molar-refractivity contribution >= 4 is 39.1 Å². The van der Waals surface area contributed by atoms with Crippen LogP contribution in [0.3, 0.4) is 0 Å². The van der Waals surface area contributed by atoms with Crippen LogP contribution >= 0.6 is 27.3 Å². The highest BCUT2D eigenvalue weighted by molar-refractivity contribution is 9.11. The highest BCUT2D eigenvalue weighted by Gasteiger charge is 2.34. The summed E-state index contributed by atoms with van der Waals surface area (Å²) in [6.45, 7) is 2.40. The first-order valence-corrected chi connectivity index (χ1v) is 8.79. The van der Waals surface area contributed by atoms with Crippen molar-refractivity contribution in [2.75, 3.05) is 6.54 Å². The van der Waals surface area contributed by atoms with Gasteiger partial charge in [-0.25, -0.2) is 0 Å². The maximum atomic E-state index is 12.2. The summed E-state index contributed by atoms with van der Waals surface area (Å²) in [5.41, 5.74) is 0.770. The zero-order valence-electron chi connectivity index (χ0n) is 12.1. The number of carboxylic acid groups (broad SMARTS) is 1. The maximum Gasteiger partial charge on any atom is 0.303 e. The minimum atomic E-state index is -0.777. The molecule has 1 fully saturated rings. The third-order valence-electron chi connectivity index (χ3n) is 4.15. The maximum absolute atomic E-state index is 12.2. The lowest BCUT2D eigenvalue weighted by Gasteiger charge is -2.36. The Labute approximate surface area is 137 Å².